The molecule has 0 radical (unpaired) electrons. The van der Waals surface area contributed by atoms with Gasteiger partial charge in [0.2, 0.25) is 11.8 Å². The fraction of sp³-hybridized carbons (Fsp3) is 0.360. The Labute approximate surface area is 194 Å². The first-order valence-electron chi connectivity index (χ1n) is 11.0. The van der Waals surface area contributed by atoms with Crippen molar-refractivity contribution in [2.24, 2.45) is 0 Å². The van der Waals surface area contributed by atoms with E-state index in [4.69, 9.17) is 5.26 Å². The maximum Gasteiger partial charge on any atom is 0.321 e. The van der Waals surface area contributed by atoms with Crippen LogP contribution in [0.5, 0.6) is 0 Å². The van der Waals surface area contributed by atoms with Gasteiger partial charge in [0.1, 0.15) is 6.04 Å². The molecule has 0 bridgehead atoms. The summed E-state index contributed by atoms with van der Waals surface area (Å²) in [6.07, 6.45) is 1.67. The Balaban J connectivity index is 1.51. The summed E-state index contributed by atoms with van der Waals surface area (Å²) in [4.78, 5) is 38.8. The highest BCUT2D eigenvalue weighted by Gasteiger charge is 2.27. The molecule has 1 aliphatic heterocycles. The Bertz CT molecular complexity index is 1040. The van der Waals surface area contributed by atoms with E-state index in [1.54, 1.807) is 29.2 Å². The molecule has 1 atom stereocenters. The van der Waals surface area contributed by atoms with Gasteiger partial charge in [-0.25, -0.2) is 4.79 Å². The Morgan fingerprint density at radius 2 is 1.82 bits per heavy atom. The van der Waals surface area contributed by atoms with Crippen LogP contribution in [0.1, 0.15) is 36.5 Å². The molecule has 8 heteroatoms. The molecular formula is C25H29N5O3. The van der Waals surface area contributed by atoms with Crippen LogP contribution in [0, 0.1) is 18.3 Å². The van der Waals surface area contributed by atoms with Gasteiger partial charge < -0.3 is 20.9 Å². The predicted octanol–water partition coefficient (Wildman–Crippen LogP) is 2.73. The summed E-state index contributed by atoms with van der Waals surface area (Å²) >= 11 is 0. The number of rotatable bonds is 6. The summed E-state index contributed by atoms with van der Waals surface area (Å²) < 4.78 is 0. The van der Waals surface area contributed by atoms with Crippen LogP contribution in [0.25, 0.3) is 0 Å². The van der Waals surface area contributed by atoms with Crippen LogP contribution in [0.15, 0.2) is 48.5 Å². The molecule has 2 aromatic carbocycles. The molecule has 0 saturated carbocycles. The van der Waals surface area contributed by atoms with E-state index < -0.39 is 6.04 Å². The topological polar surface area (TPSA) is 114 Å². The number of nitrogens with one attached hydrogen (secondary N) is 3. The van der Waals surface area contributed by atoms with Crippen molar-refractivity contribution in [1.82, 2.24) is 15.5 Å². The standard InChI is InChI=1S/C25H29N5O3/c1-17-4-3-5-20(14-17)15-23(27-18(2)31)24(32)28-22-10-12-30(13-11-22)25(33)29-21-8-6-19(16-26)7-9-21/h3-9,14,22-23H,10-13,15H2,1-2H3,(H,27,31)(H,28,32)(H,29,33). The zero-order valence-electron chi connectivity index (χ0n) is 18.9. The van der Waals surface area contributed by atoms with E-state index in [1.165, 1.54) is 6.92 Å². The monoisotopic (exact) mass is 447 g/mol. The highest BCUT2D eigenvalue weighted by molar-refractivity contribution is 5.89. The largest absolute Gasteiger partial charge is 0.351 e. The summed E-state index contributed by atoms with van der Waals surface area (Å²) in [5, 5.41) is 17.5. The molecule has 3 N–H and O–H groups in total. The minimum absolute atomic E-state index is 0.0646. The van der Waals surface area contributed by atoms with Gasteiger partial charge in [-0.05, 0) is 49.6 Å². The van der Waals surface area contributed by atoms with E-state index in [1.807, 2.05) is 37.3 Å². The van der Waals surface area contributed by atoms with Crippen molar-refractivity contribution in [3.8, 4) is 6.07 Å². The molecule has 1 fully saturated rings. The molecule has 1 heterocycles. The molecule has 33 heavy (non-hydrogen) atoms. The van der Waals surface area contributed by atoms with Crippen LogP contribution in [-0.2, 0) is 16.0 Å². The number of hydrogen-bond donors (Lipinski definition) is 3. The van der Waals surface area contributed by atoms with Gasteiger partial charge in [0.25, 0.3) is 0 Å². The Hall–Kier alpha value is -3.86. The average molecular weight is 448 g/mol. The zero-order chi connectivity index (χ0) is 23.8. The van der Waals surface area contributed by atoms with Crippen LogP contribution in [0.4, 0.5) is 10.5 Å². The summed E-state index contributed by atoms with van der Waals surface area (Å²) in [7, 11) is 0. The highest BCUT2D eigenvalue weighted by Crippen LogP contribution is 2.15. The number of carbonyl (C=O) groups is 3. The molecule has 4 amide bonds. The summed E-state index contributed by atoms with van der Waals surface area (Å²) in [5.41, 5.74) is 3.24. The lowest BCUT2D eigenvalue weighted by Gasteiger charge is -2.33. The minimum Gasteiger partial charge on any atom is -0.351 e. The van der Waals surface area contributed by atoms with E-state index in [-0.39, 0.29) is 23.9 Å². The number of benzene rings is 2. The van der Waals surface area contributed by atoms with Gasteiger partial charge in [-0.3, -0.25) is 9.59 Å². The molecule has 1 saturated heterocycles. The lowest BCUT2D eigenvalue weighted by Crippen LogP contribution is -2.53. The lowest BCUT2D eigenvalue weighted by atomic mass is 10.0. The number of carbonyl (C=O) groups excluding carboxylic acids is 3. The molecule has 1 unspecified atom stereocenters. The van der Waals surface area contributed by atoms with E-state index >= 15 is 0 Å². The summed E-state index contributed by atoms with van der Waals surface area (Å²) in [5.74, 6) is -0.468. The third-order valence-electron chi connectivity index (χ3n) is 5.61. The number of piperidine rings is 1. The van der Waals surface area contributed by atoms with Gasteiger partial charge >= 0.3 is 6.03 Å². The van der Waals surface area contributed by atoms with Crippen molar-refractivity contribution in [2.45, 2.75) is 45.2 Å². The Kier molecular flexibility index (Phi) is 8.03. The Morgan fingerprint density at radius 1 is 1.12 bits per heavy atom. The zero-order valence-corrected chi connectivity index (χ0v) is 18.9. The van der Waals surface area contributed by atoms with E-state index in [9.17, 15) is 14.4 Å². The summed E-state index contributed by atoms with van der Waals surface area (Å²) in [6.45, 7) is 4.41. The average Bonchev–Trinajstić information content (AvgIpc) is 2.79. The second-order valence-electron chi connectivity index (χ2n) is 8.34. The van der Waals surface area contributed by atoms with Crippen LogP contribution in [0.2, 0.25) is 0 Å². The number of likely N-dealkylation sites (tertiary alicyclic amines) is 1. The van der Waals surface area contributed by atoms with Crippen molar-refractivity contribution in [2.75, 3.05) is 18.4 Å². The predicted molar refractivity (Wildman–Crippen MR) is 125 cm³/mol. The van der Waals surface area contributed by atoms with Crippen LogP contribution >= 0.6 is 0 Å². The van der Waals surface area contributed by atoms with E-state index in [2.05, 4.69) is 16.0 Å². The first kappa shape index (κ1) is 23.8. The Morgan fingerprint density at radius 3 is 2.42 bits per heavy atom. The van der Waals surface area contributed by atoms with Crippen molar-refractivity contribution in [3.63, 3.8) is 0 Å². The van der Waals surface area contributed by atoms with Crippen LogP contribution in [0.3, 0.4) is 0 Å². The van der Waals surface area contributed by atoms with Crippen LogP contribution < -0.4 is 16.0 Å². The molecule has 8 nitrogen and oxygen atoms in total. The van der Waals surface area contributed by atoms with Crippen LogP contribution in [-0.4, -0.2) is 47.9 Å². The molecule has 0 aliphatic carbocycles. The van der Waals surface area contributed by atoms with Crippen molar-refractivity contribution in [3.05, 3.63) is 65.2 Å². The molecule has 2 aromatic rings. The van der Waals surface area contributed by atoms with Crippen molar-refractivity contribution >= 4 is 23.5 Å². The number of nitriles is 1. The number of aryl methyl sites for hydroxylation is 1. The van der Waals surface area contributed by atoms with Gasteiger partial charge in [0, 0.05) is 38.2 Å². The number of anilines is 1. The normalized spacial score (nSPS) is 14.6. The third kappa shape index (κ3) is 7.07. The van der Waals surface area contributed by atoms with E-state index in [0.29, 0.717) is 43.6 Å². The second-order valence-corrected chi connectivity index (χ2v) is 8.34. The first-order valence-corrected chi connectivity index (χ1v) is 11.0. The first-order chi connectivity index (χ1) is 15.8. The molecular weight excluding hydrogens is 418 g/mol. The van der Waals surface area contributed by atoms with Gasteiger partial charge in [-0.2, -0.15) is 5.26 Å². The van der Waals surface area contributed by atoms with Gasteiger partial charge in [0.05, 0.1) is 11.6 Å². The maximum absolute atomic E-state index is 12.9. The lowest BCUT2D eigenvalue weighted by molar-refractivity contribution is -0.128. The third-order valence-corrected chi connectivity index (χ3v) is 5.61. The number of nitrogens with zero attached hydrogens (tertiary/aromatic N) is 2. The molecule has 0 aromatic heterocycles. The fourth-order valence-corrected chi connectivity index (χ4v) is 3.89. The molecule has 3 rings (SSSR count). The number of urea groups is 1. The highest BCUT2D eigenvalue weighted by atomic mass is 16.2. The number of amides is 4. The quantitative estimate of drug-likeness (QED) is 0.632. The number of hydrogen-bond acceptors (Lipinski definition) is 4. The van der Waals surface area contributed by atoms with Gasteiger partial charge in [0.15, 0.2) is 0 Å². The SMILES string of the molecule is CC(=O)NC(Cc1cccc(C)c1)C(=O)NC1CCN(C(=O)Nc2ccc(C#N)cc2)CC1. The minimum atomic E-state index is -0.651. The van der Waals surface area contributed by atoms with E-state index in [0.717, 1.165) is 11.1 Å². The maximum atomic E-state index is 12.9. The fourth-order valence-electron chi connectivity index (χ4n) is 3.89. The molecule has 172 valence electrons. The molecule has 0 spiro atoms. The van der Waals surface area contributed by atoms with Gasteiger partial charge in [-0.15, -0.1) is 0 Å². The van der Waals surface area contributed by atoms with Crippen molar-refractivity contribution < 1.29 is 14.4 Å². The smallest absolute Gasteiger partial charge is 0.321 e. The molecule has 1 aliphatic rings. The van der Waals surface area contributed by atoms with Crippen molar-refractivity contribution in [1.29, 1.82) is 5.26 Å². The van der Waals surface area contributed by atoms with Gasteiger partial charge in [-0.1, -0.05) is 29.8 Å². The second kappa shape index (κ2) is 11.1. The summed E-state index contributed by atoms with van der Waals surface area (Å²) in [6, 6.07) is 15.7.